The van der Waals surface area contributed by atoms with Crippen molar-refractivity contribution in [3.05, 3.63) is 317 Å². The Hall–Kier alpha value is -8.78. The van der Waals surface area contributed by atoms with Gasteiger partial charge in [0.2, 0.25) is 0 Å². The van der Waals surface area contributed by atoms with E-state index in [2.05, 4.69) is 278 Å². The van der Waals surface area contributed by atoms with Gasteiger partial charge in [0.25, 0.3) is 0 Å². The fraction of sp³-hybridized carbons (Fsp3) is 0.0294. The summed E-state index contributed by atoms with van der Waals surface area (Å²) in [5.74, 6) is 0. The summed E-state index contributed by atoms with van der Waals surface area (Å²) in [6.07, 6.45) is 0. The molecule has 0 aromatic heterocycles. The van der Waals surface area contributed by atoms with E-state index in [0.29, 0.717) is 0 Å². The number of benzene rings is 11. The van der Waals surface area contributed by atoms with Crippen molar-refractivity contribution >= 4 is 17.1 Å². The lowest BCUT2D eigenvalue weighted by atomic mass is 9.68. The third kappa shape index (κ3) is 5.65. The van der Waals surface area contributed by atoms with Crippen molar-refractivity contribution in [1.82, 2.24) is 0 Å². The summed E-state index contributed by atoms with van der Waals surface area (Å²) in [6.45, 7) is 0. The van der Waals surface area contributed by atoms with Gasteiger partial charge in [-0.25, -0.2) is 0 Å². The summed E-state index contributed by atoms with van der Waals surface area (Å²) < 4.78 is 0. The highest BCUT2D eigenvalue weighted by atomic mass is 15.1. The smallest absolute Gasteiger partial charge is 0.0726 e. The molecule has 0 saturated carbocycles. The third-order valence-corrected chi connectivity index (χ3v) is 15.3. The minimum absolute atomic E-state index is 0.470. The maximum absolute atomic E-state index is 2.51. The molecule has 0 saturated heterocycles. The molecule has 14 rings (SSSR count). The molecule has 0 N–H and O–H groups in total. The van der Waals surface area contributed by atoms with E-state index in [1.165, 1.54) is 94.6 Å². The summed E-state index contributed by atoms with van der Waals surface area (Å²) in [7, 11) is 0. The van der Waals surface area contributed by atoms with Crippen LogP contribution in [0.1, 0.15) is 44.5 Å². The van der Waals surface area contributed by atoms with E-state index in [-0.39, 0.29) is 0 Å². The third-order valence-electron chi connectivity index (χ3n) is 15.3. The summed E-state index contributed by atoms with van der Waals surface area (Å²) in [5, 5.41) is 0. The van der Waals surface area contributed by atoms with Crippen LogP contribution >= 0.6 is 0 Å². The first-order valence-electron chi connectivity index (χ1n) is 24.1. The van der Waals surface area contributed by atoms with E-state index in [0.717, 1.165) is 22.6 Å². The van der Waals surface area contributed by atoms with E-state index < -0.39 is 10.8 Å². The monoisotopic (exact) mass is 875 g/mol. The van der Waals surface area contributed by atoms with Crippen LogP contribution in [0.15, 0.2) is 273 Å². The molecule has 0 atom stereocenters. The molecule has 0 fully saturated rings. The van der Waals surface area contributed by atoms with Gasteiger partial charge in [-0.2, -0.15) is 0 Å². The summed E-state index contributed by atoms with van der Waals surface area (Å²) in [6, 6.07) is 102. The maximum atomic E-state index is 2.51. The number of hydrogen-bond acceptors (Lipinski definition) is 1. The Bertz CT molecular complexity index is 3690. The SMILES string of the molecule is c1ccc(-c2cccc(-c3cccc(N(c4ccc5c(c4)-c4ccccc4C5(c4ccccc4)c4ccccc4)c4ccc5c(c4)C4(c6ccccc6-c6ccccc64)c4ccccc4-5)c3)c2)cc1. The molecule has 0 unspecified atom stereocenters. The van der Waals surface area contributed by atoms with E-state index in [1.54, 1.807) is 0 Å². The van der Waals surface area contributed by atoms with Crippen LogP contribution in [-0.2, 0) is 10.8 Å². The molecular formula is C68H45N. The molecule has 11 aromatic rings. The lowest BCUT2D eigenvalue weighted by molar-refractivity contribution is 0.768. The van der Waals surface area contributed by atoms with Crippen LogP contribution in [0, 0.1) is 0 Å². The molecule has 3 aliphatic carbocycles. The largest absolute Gasteiger partial charge is 0.310 e. The Morgan fingerprint density at radius 1 is 0.203 bits per heavy atom. The van der Waals surface area contributed by atoms with Crippen molar-refractivity contribution in [2.24, 2.45) is 0 Å². The zero-order valence-electron chi connectivity index (χ0n) is 37.9. The first-order valence-corrected chi connectivity index (χ1v) is 24.1. The molecule has 322 valence electrons. The highest BCUT2D eigenvalue weighted by Gasteiger charge is 2.52. The van der Waals surface area contributed by atoms with Gasteiger partial charge in [0.1, 0.15) is 0 Å². The quantitative estimate of drug-likeness (QED) is 0.154. The van der Waals surface area contributed by atoms with E-state index in [1.807, 2.05) is 0 Å². The molecule has 0 heterocycles. The lowest BCUT2D eigenvalue weighted by Gasteiger charge is -2.34. The highest BCUT2D eigenvalue weighted by Crippen LogP contribution is 2.64. The first-order chi connectivity index (χ1) is 34.2. The van der Waals surface area contributed by atoms with Crippen molar-refractivity contribution in [1.29, 1.82) is 0 Å². The van der Waals surface area contributed by atoms with Gasteiger partial charge < -0.3 is 4.90 Å². The van der Waals surface area contributed by atoms with Crippen LogP contribution in [0.2, 0.25) is 0 Å². The van der Waals surface area contributed by atoms with Gasteiger partial charge in [0.05, 0.1) is 10.8 Å². The Kier molecular flexibility index (Phi) is 8.78. The second-order valence-electron chi connectivity index (χ2n) is 18.7. The molecule has 0 amide bonds. The van der Waals surface area contributed by atoms with Crippen molar-refractivity contribution in [3.63, 3.8) is 0 Å². The van der Waals surface area contributed by atoms with Gasteiger partial charge in [-0.05, 0) is 143 Å². The average molecular weight is 876 g/mol. The summed E-state index contributed by atoms with van der Waals surface area (Å²) in [4.78, 5) is 2.50. The molecule has 1 heteroatoms. The maximum Gasteiger partial charge on any atom is 0.0726 e. The van der Waals surface area contributed by atoms with Crippen LogP contribution < -0.4 is 4.90 Å². The minimum Gasteiger partial charge on any atom is -0.310 e. The second kappa shape index (κ2) is 15.4. The van der Waals surface area contributed by atoms with Crippen LogP contribution in [0.4, 0.5) is 17.1 Å². The normalized spacial score (nSPS) is 13.7. The molecule has 1 nitrogen and oxygen atoms in total. The standard InChI is InChI=1S/C68H45N/c1-4-20-46(21-5-1)47-22-18-23-48(42-47)49-24-19-29-52(43-49)69(53-39-41-65-60(44-53)58-33-13-14-34-61(58)67(65,50-25-6-2-7-26-50)51-27-8-3-9-28-51)54-38-40-59-57-32-12-17-37-64(57)68(66(59)45-54)62-35-15-10-30-55(62)56-31-11-16-36-63(56)68/h1-45H. The Balaban J connectivity index is 1.02. The fourth-order valence-corrected chi connectivity index (χ4v) is 12.6. The van der Waals surface area contributed by atoms with E-state index >= 15 is 0 Å². The van der Waals surface area contributed by atoms with Crippen LogP contribution in [0.3, 0.4) is 0 Å². The van der Waals surface area contributed by atoms with Crippen LogP contribution in [0.5, 0.6) is 0 Å². The Morgan fingerprint density at radius 2 is 0.580 bits per heavy atom. The van der Waals surface area contributed by atoms with Gasteiger partial charge in [0.15, 0.2) is 0 Å². The zero-order valence-corrected chi connectivity index (χ0v) is 37.9. The number of rotatable bonds is 7. The van der Waals surface area contributed by atoms with E-state index in [4.69, 9.17) is 0 Å². The van der Waals surface area contributed by atoms with Crippen molar-refractivity contribution < 1.29 is 0 Å². The predicted octanol–water partition coefficient (Wildman–Crippen LogP) is 17.2. The molecule has 0 aliphatic heterocycles. The molecule has 69 heavy (non-hydrogen) atoms. The predicted molar refractivity (Wildman–Crippen MR) is 286 cm³/mol. The van der Waals surface area contributed by atoms with Gasteiger partial charge in [-0.15, -0.1) is 0 Å². The Labute approximate surface area is 403 Å². The van der Waals surface area contributed by atoms with Crippen LogP contribution in [0.25, 0.3) is 55.6 Å². The Morgan fingerprint density at radius 3 is 1.16 bits per heavy atom. The lowest BCUT2D eigenvalue weighted by Crippen LogP contribution is -2.28. The molecule has 11 aromatic carbocycles. The van der Waals surface area contributed by atoms with Gasteiger partial charge in [-0.1, -0.05) is 231 Å². The average Bonchev–Trinajstić information content (AvgIpc) is 4.02. The number of nitrogens with zero attached hydrogens (tertiary/aromatic N) is 1. The zero-order chi connectivity index (χ0) is 45.5. The van der Waals surface area contributed by atoms with Gasteiger partial charge in [0, 0.05) is 17.1 Å². The minimum atomic E-state index is -0.490. The van der Waals surface area contributed by atoms with Crippen molar-refractivity contribution in [3.8, 4) is 55.6 Å². The van der Waals surface area contributed by atoms with Gasteiger partial charge >= 0.3 is 0 Å². The molecule has 3 aliphatic rings. The molecular weight excluding hydrogens is 831 g/mol. The summed E-state index contributed by atoms with van der Waals surface area (Å²) in [5.41, 5.74) is 25.3. The molecule has 1 spiro atoms. The topological polar surface area (TPSA) is 3.24 Å². The van der Waals surface area contributed by atoms with Crippen LogP contribution in [-0.4, -0.2) is 0 Å². The molecule has 0 radical (unpaired) electrons. The number of hydrogen-bond donors (Lipinski definition) is 0. The van der Waals surface area contributed by atoms with Crippen molar-refractivity contribution in [2.45, 2.75) is 10.8 Å². The number of fused-ring (bicyclic) bond motifs is 13. The fourth-order valence-electron chi connectivity index (χ4n) is 12.6. The van der Waals surface area contributed by atoms with Crippen molar-refractivity contribution in [2.75, 3.05) is 4.90 Å². The highest BCUT2D eigenvalue weighted by molar-refractivity contribution is 5.97. The molecule has 0 bridgehead atoms. The first kappa shape index (κ1) is 39.4. The van der Waals surface area contributed by atoms with E-state index in [9.17, 15) is 0 Å². The number of anilines is 3. The summed E-state index contributed by atoms with van der Waals surface area (Å²) >= 11 is 0. The van der Waals surface area contributed by atoms with Gasteiger partial charge in [-0.3, -0.25) is 0 Å². The second-order valence-corrected chi connectivity index (χ2v) is 18.7.